The Morgan fingerprint density at radius 2 is 2.20 bits per heavy atom. The van der Waals surface area contributed by atoms with Crippen molar-refractivity contribution in [2.75, 3.05) is 0 Å². The molecule has 0 atom stereocenters. The Labute approximate surface area is 94.2 Å². The Hall–Kier alpha value is -0.900. The van der Waals surface area contributed by atoms with E-state index in [4.69, 9.17) is 5.11 Å². The Bertz CT molecular complexity index is 344. The van der Waals surface area contributed by atoms with Crippen molar-refractivity contribution in [2.45, 2.75) is 40.0 Å². The van der Waals surface area contributed by atoms with Crippen LogP contribution in [0, 0.1) is 5.92 Å². The maximum atomic E-state index is 11.0. The Kier molecular flexibility index (Phi) is 4.27. The summed E-state index contributed by atoms with van der Waals surface area (Å²) in [5.74, 6) is -0.398. The highest BCUT2D eigenvalue weighted by molar-refractivity contribution is 7.13. The summed E-state index contributed by atoms with van der Waals surface area (Å²) >= 11 is 1.32. The number of aromatic nitrogens is 1. The summed E-state index contributed by atoms with van der Waals surface area (Å²) in [6.07, 6.45) is 2.64. The first-order chi connectivity index (χ1) is 7.04. The number of aromatic carboxylic acids is 1. The van der Waals surface area contributed by atoms with Gasteiger partial charge < -0.3 is 5.11 Å². The molecule has 0 amide bonds. The van der Waals surface area contributed by atoms with Crippen molar-refractivity contribution in [3.05, 3.63) is 15.6 Å². The number of carbonyl (C=O) groups is 1. The van der Waals surface area contributed by atoms with Gasteiger partial charge in [-0.25, -0.2) is 9.78 Å². The standard InChI is InChI=1S/C11H17NO2S/c1-4-5-9-12-8(6-7(2)3)10(15-9)11(13)14/h7H,4-6H2,1-3H3,(H,13,14). The van der Waals surface area contributed by atoms with E-state index < -0.39 is 5.97 Å². The van der Waals surface area contributed by atoms with Crippen LogP contribution < -0.4 is 0 Å². The topological polar surface area (TPSA) is 50.2 Å². The molecule has 4 heteroatoms. The fourth-order valence-electron chi connectivity index (χ4n) is 1.41. The maximum Gasteiger partial charge on any atom is 0.347 e. The van der Waals surface area contributed by atoms with Crippen LogP contribution in [0.1, 0.15) is 47.6 Å². The summed E-state index contributed by atoms with van der Waals surface area (Å²) in [6.45, 7) is 6.22. The predicted molar refractivity (Wildman–Crippen MR) is 61.6 cm³/mol. The lowest BCUT2D eigenvalue weighted by Crippen LogP contribution is -2.02. The van der Waals surface area contributed by atoms with Gasteiger partial charge in [0.15, 0.2) is 0 Å². The molecule has 3 nitrogen and oxygen atoms in total. The molecule has 1 aromatic heterocycles. The zero-order chi connectivity index (χ0) is 11.4. The summed E-state index contributed by atoms with van der Waals surface area (Å²) in [5, 5.41) is 9.98. The first-order valence-electron chi connectivity index (χ1n) is 5.26. The minimum atomic E-state index is -0.842. The van der Waals surface area contributed by atoms with Gasteiger partial charge >= 0.3 is 5.97 Å². The Balaban J connectivity index is 2.95. The average Bonchev–Trinajstić information content (AvgIpc) is 2.47. The van der Waals surface area contributed by atoms with E-state index in [1.165, 1.54) is 11.3 Å². The molecule has 0 bridgehead atoms. The largest absolute Gasteiger partial charge is 0.477 e. The Morgan fingerprint density at radius 1 is 1.53 bits per heavy atom. The summed E-state index contributed by atoms with van der Waals surface area (Å²) in [6, 6.07) is 0. The smallest absolute Gasteiger partial charge is 0.347 e. The van der Waals surface area contributed by atoms with Crippen molar-refractivity contribution >= 4 is 17.3 Å². The van der Waals surface area contributed by atoms with E-state index in [0.29, 0.717) is 10.8 Å². The van der Waals surface area contributed by atoms with E-state index in [0.717, 1.165) is 30.0 Å². The molecule has 0 radical (unpaired) electrons. The molecule has 1 N–H and O–H groups in total. The van der Waals surface area contributed by atoms with E-state index >= 15 is 0 Å². The van der Waals surface area contributed by atoms with Gasteiger partial charge in [0, 0.05) is 0 Å². The molecule has 1 aromatic rings. The third kappa shape index (κ3) is 3.30. The maximum absolute atomic E-state index is 11.0. The van der Waals surface area contributed by atoms with Crippen molar-refractivity contribution < 1.29 is 9.90 Å². The molecule has 0 saturated heterocycles. The lowest BCUT2D eigenvalue weighted by molar-refractivity contribution is 0.0700. The van der Waals surface area contributed by atoms with Crippen LogP contribution in [0.4, 0.5) is 0 Å². The zero-order valence-corrected chi connectivity index (χ0v) is 10.2. The van der Waals surface area contributed by atoms with Crippen LogP contribution in [-0.2, 0) is 12.8 Å². The van der Waals surface area contributed by atoms with Crippen LogP contribution in [0.15, 0.2) is 0 Å². The second-order valence-electron chi connectivity index (χ2n) is 4.04. The van der Waals surface area contributed by atoms with Gasteiger partial charge in [-0.1, -0.05) is 20.8 Å². The fraction of sp³-hybridized carbons (Fsp3) is 0.636. The van der Waals surface area contributed by atoms with Gasteiger partial charge in [0.25, 0.3) is 0 Å². The second-order valence-corrected chi connectivity index (χ2v) is 5.12. The summed E-state index contributed by atoms with van der Waals surface area (Å²) < 4.78 is 0. The summed E-state index contributed by atoms with van der Waals surface area (Å²) in [4.78, 5) is 15.8. The minimum absolute atomic E-state index is 0.423. The lowest BCUT2D eigenvalue weighted by Gasteiger charge is -2.01. The third-order valence-corrected chi connectivity index (χ3v) is 3.15. The monoisotopic (exact) mass is 227 g/mol. The van der Waals surface area contributed by atoms with Gasteiger partial charge in [0.2, 0.25) is 0 Å². The highest BCUT2D eigenvalue weighted by atomic mass is 32.1. The van der Waals surface area contributed by atoms with E-state index in [1.807, 2.05) is 0 Å². The lowest BCUT2D eigenvalue weighted by atomic mass is 10.1. The molecule has 0 fully saturated rings. The molecule has 0 aliphatic carbocycles. The minimum Gasteiger partial charge on any atom is -0.477 e. The number of carboxylic acids is 1. The number of aryl methyl sites for hydroxylation is 1. The van der Waals surface area contributed by atoms with Crippen molar-refractivity contribution in [3.63, 3.8) is 0 Å². The fourth-order valence-corrected chi connectivity index (χ4v) is 2.45. The van der Waals surface area contributed by atoms with Gasteiger partial charge in [0.1, 0.15) is 4.88 Å². The molecule has 0 spiro atoms. The molecular formula is C11H17NO2S. The van der Waals surface area contributed by atoms with E-state index in [1.54, 1.807) is 0 Å². The van der Waals surface area contributed by atoms with Crippen LogP contribution >= 0.6 is 11.3 Å². The first kappa shape index (κ1) is 12.2. The van der Waals surface area contributed by atoms with E-state index in [9.17, 15) is 4.79 Å². The molecule has 0 aliphatic rings. The third-order valence-electron chi connectivity index (χ3n) is 2.00. The van der Waals surface area contributed by atoms with Gasteiger partial charge in [-0.05, 0) is 25.2 Å². The van der Waals surface area contributed by atoms with Crippen molar-refractivity contribution in [2.24, 2.45) is 5.92 Å². The number of thiazole rings is 1. The van der Waals surface area contributed by atoms with Crippen LogP contribution in [0.2, 0.25) is 0 Å². The molecule has 15 heavy (non-hydrogen) atoms. The van der Waals surface area contributed by atoms with Crippen LogP contribution in [-0.4, -0.2) is 16.1 Å². The van der Waals surface area contributed by atoms with Crippen LogP contribution in [0.5, 0.6) is 0 Å². The van der Waals surface area contributed by atoms with Gasteiger partial charge in [-0.15, -0.1) is 11.3 Å². The SMILES string of the molecule is CCCc1nc(CC(C)C)c(C(=O)O)s1. The van der Waals surface area contributed by atoms with E-state index in [-0.39, 0.29) is 0 Å². The molecule has 0 aliphatic heterocycles. The van der Waals surface area contributed by atoms with Crippen molar-refractivity contribution in [3.8, 4) is 0 Å². The Morgan fingerprint density at radius 3 is 2.67 bits per heavy atom. The quantitative estimate of drug-likeness (QED) is 0.841. The molecule has 1 rings (SSSR count). The van der Waals surface area contributed by atoms with Crippen LogP contribution in [0.25, 0.3) is 0 Å². The number of rotatable bonds is 5. The van der Waals surface area contributed by atoms with Crippen LogP contribution in [0.3, 0.4) is 0 Å². The highest BCUT2D eigenvalue weighted by Gasteiger charge is 2.17. The first-order valence-corrected chi connectivity index (χ1v) is 6.08. The number of carboxylic acid groups (broad SMARTS) is 1. The highest BCUT2D eigenvalue weighted by Crippen LogP contribution is 2.22. The van der Waals surface area contributed by atoms with Gasteiger partial charge in [0.05, 0.1) is 10.7 Å². The summed E-state index contributed by atoms with van der Waals surface area (Å²) in [5.41, 5.74) is 0.756. The summed E-state index contributed by atoms with van der Waals surface area (Å²) in [7, 11) is 0. The molecule has 0 aromatic carbocycles. The second kappa shape index (κ2) is 5.26. The average molecular weight is 227 g/mol. The molecule has 84 valence electrons. The molecule has 0 unspecified atom stereocenters. The zero-order valence-electron chi connectivity index (χ0n) is 9.41. The normalized spacial score (nSPS) is 10.9. The van der Waals surface area contributed by atoms with Gasteiger partial charge in [-0.3, -0.25) is 0 Å². The molecule has 1 heterocycles. The number of hydrogen-bond acceptors (Lipinski definition) is 3. The predicted octanol–water partition coefficient (Wildman–Crippen LogP) is 2.99. The number of nitrogens with zero attached hydrogens (tertiary/aromatic N) is 1. The van der Waals surface area contributed by atoms with Gasteiger partial charge in [-0.2, -0.15) is 0 Å². The molecular weight excluding hydrogens is 210 g/mol. The molecule has 0 saturated carbocycles. The van der Waals surface area contributed by atoms with Crippen molar-refractivity contribution in [1.82, 2.24) is 4.98 Å². The van der Waals surface area contributed by atoms with E-state index in [2.05, 4.69) is 25.8 Å². The number of hydrogen-bond donors (Lipinski definition) is 1. The van der Waals surface area contributed by atoms with Crippen molar-refractivity contribution in [1.29, 1.82) is 0 Å².